The molecule has 7 nitrogen and oxygen atoms in total. The summed E-state index contributed by atoms with van der Waals surface area (Å²) in [5, 5.41) is 17.1. The summed E-state index contributed by atoms with van der Waals surface area (Å²) in [5.74, 6) is 0.348. The molecule has 0 aliphatic rings. The van der Waals surface area contributed by atoms with Crippen molar-refractivity contribution in [3.05, 3.63) is 15.6 Å². The fourth-order valence-electron chi connectivity index (χ4n) is 2.57. The second-order valence-corrected chi connectivity index (χ2v) is 7.64. The molecule has 0 aliphatic heterocycles. The van der Waals surface area contributed by atoms with E-state index < -0.39 is 0 Å². The highest BCUT2D eigenvalue weighted by Gasteiger charge is 2.25. The van der Waals surface area contributed by atoms with Gasteiger partial charge in [-0.3, -0.25) is 4.99 Å². The first-order valence-electron chi connectivity index (χ1n) is 9.66. The number of aliphatic hydroxyl groups excluding tert-OH is 1. The zero-order valence-corrected chi connectivity index (χ0v) is 18.2. The summed E-state index contributed by atoms with van der Waals surface area (Å²) >= 11 is 1.34. The Hall–Kier alpha value is -1.67. The van der Waals surface area contributed by atoms with Gasteiger partial charge in [0.15, 0.2) is 5.96 Å². The van der Waals surface area contributed by atoms with Crippen LogP contribution in [-0.2, 0) is 4.74 Å². The van der Waals surface area contributed by atoms with Crippen LogP contribution in [0.4, 0.5) is 0 Å². The number of aliphatic imine (C=N–C) groups is 1. The number of ether oxygens (including phenoxy) is 1. The lowest BCUT2D eigenvalue weighted by Crippen LogP contribution is -2.40. The topological polar surface area (TPSA) is 95.8 Å². The predicted molar refractivity (Wildman–Crippen MR) is 110 cm³/mol. The lowest BCUT2D eigenvalue weighted by molar-refractivity contribution is 0.0531. The Morgan fingerprint density at radius 2 is 2.00 bits per heavy atom. The van der Waals surface area contributed by atoms with Crippen molar-refractivity contribution in [2.24, 2.45) is 10.4 Å². The number of aryl methyl sites for hydroxylation is 1. The molecule has 1 aromatic rings. The molecule has 0 saturated heterocycles. The van der Waals surface area contributed by atoms with Crippen LogP contribution in [0, 0.1) is 12.3 Å². The molecule has 0 saturated carbocycles. The molecule has 0 aromatic carbocycles. The van der Waals surface area contributed by atoms with Crippen molar-refractivity contribution in [1.82, 2.24) is 15.6 Å². The molecule has 0 radical (unpaired) electrons. The molecule has 0 bridgehead atoms. The van der Waals surface area contributed by atoms with E-state index in [-0.39, 0.29) is 24.0 Å². The number of aromatic nitrogens is 1. The minimum absolute atomic E-state index is 0.110. The Bertz CT molecular complexity index is 618. The molecule has 8 heteroatoms. The summed E-state index contributed by atoms with van der Waals surface area (Å²) in [7, 11) is 0. The van der Waals surface area contributed by atoms with Gasteiger partial charge < -0.3 is 20.5 Å². The molecule has 3 N–H and O–H groups in total. The molecular formula is C19H34N4O3S. The molecule has 154 valence electrons. The van der Waals surface area contributed by atoms with Crippen molar-refractivity contribution in [3.63, 3.8) is 0 Å². The van der Waals surface area contributed by atoms with E-state index in [4.69, 9.17) is 4.74 Å². The van der Waals surface area contributed by atoms with Gasteiger partial charge in [0, 0.05) is 12.0 Å². The van der Waals surface area contributed by atoms with Gasteiger partial charge in [0.1, 0.15) is 9.88 Å². The van der Waals surface area contributed by atoms with Crippen molar-refractivity contribution in [2.45, 2.75) is 60.4 Å². The average Bonchev–Trinajstić information content (AvgIpc) is 3.05. The van der Waals surface area contributed by atoms with E-state index in [1.54, 1.807) is 6.92 Å². The van der Waals surface area contributed by atoms with Gasteiger partial charge in [0.2, 0.25) is 0 Å². The van der Waals surface area contributed by atoms with Crippen molar-refractivity contribution in [3.8, 4) is 0 Å². The number of nitrogens with one attached hydrogen (secondary N) is 2. The second-order valence-electron chi connectivity index (χ2n) is 6.61. The quantitative estimate of drug-likeness (QED) is 0.318. The van der Waals surface area contributed by atoms with Gasteiger partial charge in [-0.1, -0.05) is 13.8 Å². The number of aliphatic hydroxyl groups is 1. The SMILES string of the molecule is CCNC(=NCC(CC)(CC)CO)NC(C)c1nc(C)c(C(=O)OCC)s1. The van der Waals surface area contributed by atoms with E-state index in [0.717, 1.165) is 24.4 Å². The number of thiazole rings is 1. The number of hydrogen-bond donors (Lipinski definition) is 3. The van der Waals surface area contributed by atoms with Crippen molar-refractivity contribution < 1.29 is 14.6 Å². The molecule has 1 rings (SSSR count). The highest BCUT2D eigenvalue weighted by molar-refractivity contribution is 7.13. The number of carbonyl (C=O) groups is 1. The maximum Gasteiger partial charge on any atom is 0.350 e. The molecule has 0 aliphatic carbocycles. The summed E-state index contributed by atoms with van der Waals surface area (Å²) in [4.78, 5) is 21.7. The van der Waals surface area contributed by atoms with Crippen LogP contribution < -0.4 is 10.6 Å². The van der Waals surface area contributed by atoms with Crippen molar-refractivity contribution in [1.29, 1.82) is 0 Å². The van der Waals surface area contributed by atoms with E-state index in [2.05, 4.69) is 34.5 Å². The van der Waals surface area contributed by atoms with Crippen LogP contribution in [-0.4, -0.2) is 48.3 Å². The normalized spacial score (nSPS) is 13.4. The number of hydrogen-bond acceptors (Lipinski definition) is 6. The molecule has 1 atom stereocenters. The van der Waals surface area contributed by atoms with Gasteiger partial charge in [-0.25, -0.2) is 9.78 Å². The zero-order valence-electron chi connectivity index (χ0n) is 17.4. The molecule has 1 unspecified atom stereocenters. The van der Waals surface area contributed by atoms with Crippen molar-refractivity contribution >= 4 is 23.3 Å². The van der Waals surface area contributed by atoms with Gasteiger partial charge in [0.25, 0.3) is 0 Å². The number of guanidine groups is 1. The van der Waals surface area contributed by atoms with Gasteiger partial charge in [-0.15, -0.1) is 11.3 Å². The highest BCUT2D eigenvalue weighted by Crippen LogP contribution is 2.26. The van der Waals surface area contributed by atoms with E-state index >= 15 is 0 Å². The Morgan fingerprint density at radius 3 is 2.52 bits per heavy atom. The number of nitrogens with zero attached hydrogens (tertiary/aromatic N) is 2. The monoisotopic (exact) mass is 398 g/mol. The van der Waals surface area contributed by atoms with Crippen LogP contribution in [0.1, 0.15) is 73.9 Å². The summed E-state index contributed by atoms with van der Waals surface area (Å²) in [5.41, 5.74) is 0.487. The molecule has 0 amide bonds. The van der Waals surface area contributed by atoms with Gasteiger partial charge in [0.05, 0.1) is 31.5 Å². The molecule has 0 spiro atoms. The Labute approximate surface area is 166 Å². The molecule has 0 fully saturated rings. The number of carbonyl (C=O) groups excluding carboxylic acids is 1. The summed E-state index contributed by atoms with van der Waals surface area (Å²) < 4.78 is 5.09. The van der Waals surface area contributed by atoms with E-state index in [9.17, 15) is 9.90 Å². The van der Waals surface area contributed by atoms with Gasteiger partial charge in [-0.05, 0) is 40.5 Å². The highest BCUT2D eigenvalue weighted by atomic mass is 32.1. The van der Waals surface area contributed by atoms with Crippen LogP contribution in [0.3, 0.4) is 0 Å². The van der Waals surface area contributed by atoms with Crippen LogP contribution in [0.2, 0.25) is 0 Å². The smallest absolute Gasteiger partial charge is 0.350 e. The van der Waals surface area contributed by atoms with Crippen molar-refractivity contribution in [2.75, 3.05) is 26.3 Å². The minimum atomic E-state index is -0.329. The van der Waals surface area contributed by atoms with Gasteiger partial charge >= 0.3 is 5.97 Å². The summed E-state index contributed by atoms with van der Waals surface area (Å²) in [6.07, 6.45) is 1.74. The number of esters is 1. The Kier molecular flexibility index (Phi) is 9.73. The first kappa shape index (κ1) is 23.4. The molecule has 1 aromatic heterocycles. The standard InChI is InChI=1S/C19H34N4O3S/c1-7-19(8-2,12-24)11-21-18(20-9-3)23-14(6)16-22-13(5)15(27-16)17(25)26-10-4/h14,24H,7-12H2,1-6H3,(H2,20,21,23). The van der Waals surface area contributed by atoms with Crippen LogP contribution in [0.5, 0.6) is 0 Å². The zero-order chi connectivity index (χ0) is 20.4. The second kappa shape index (κ2) is 11.2. The first-order chi connectivity index (χ1) is 12.9. The third-order valence-electron chi connectivity index (χ3n) is 4.75. The van der Waals surface area contributed by atoms with E-state index in [1.165, 1.54) is 11.3 Å². The molecule has 27 heavy (non-hydrogen) atoms. The van der Waals surface area contributed by atoms with Gasteiger partial charge in [-0.2, -0.15) is 0 Å². The van der Waals surface area contributed by atoms with Crippen LogP contribution >= 0.6 is 11.3 Å². The van der Waals surface area contributed by atoms with Crippen LogP contribution in [0.25, 0.3) is 0 Å². The minimum Gasteiger partial charge on any atom is -0.462 e. The predicted octanol–water partition coefficient (Wildman–Crippen LogP) is 3.04. The van der Waals surface area contributed by atoms with E-state index in [1.807, 2.05) is 20.8 Å². The van der Waals surface area contributed by atoms with Crippen LogP contribution in [0.15, 0.2) is 4.99 Å². The lowest BCUT2D eigenvalue weighted by atomic mass is 9.83. The third-order valence-corrected chi connectivity index (χ3v) is 6.07. The maximum absolute atomic E-state index is 12.0. The largest absolute Gasteiger partial charge is 0.462 e. The average molecular weight is 399 g/mol. The third kappa shape index (κ3) is 6.46. The summed E-state index contributed by atoms with van der Waals surface area (Å²) in [6.45, 7) is 13.5. The fraction of sp³-hybridized carbons (Fsp3) is 0.737. The Balaban J connectivity index is 2.92. The van der Waals surface area contributed by atoms with E-state index in [0.29, 0.717) is 29.7 Å². The molecular weight excluding hydrogens is 364 g/mol. The maximum atomic E-state index is 12.0. The fourth-order valence-corrected chi connectivity index (χ4v) is 3.53. The lowest BCUT2D eigenvalue weighted by Gasteiger charge is -2.28. The molecule has 1 heterocycles. The summed E-state index contributed by atoms with van der Waals surface area (Å²) in [6, 6.07) is -0.110. The first-order valence-corrected chi connectivity index (χ1v) is 10.5. The number of rotatable bonds is 10. The Morgan fingerprint density at radius 1 is 1.33 bits per heavy atom.